The van der Waals surface area contributed by atoms with E-state index in [1.54, 1.807) is 4.90 Å². The molecule has 0 aromatic heterocycles. The molecule has 110 valence electrons. The number of hydrogen-bond acceptors (Lipinski definition) is 3. The van der Waals surface area contributed by atoms with E-state index in [4.69, 9.17) is 10.8 Å². The third-order valence-electron chi connectivity index (χ3n) is 3.88. The summed E-state index contributed by atoms with van der Waals surface area (Å²) in [6.45, 7) is 1.05. The van der Waals surface area contributed by atoms with Gasteiger partial charge in [-0.05, 0) is 42.9 Å². The summed E-state index contributed by atoms with van der Waals surface area (Å²) in [6, 6.07) is 5.79. The van der Waals surface area contributed by atoms with Crippen LogP contribution in [0, 0.1) is 11.7 Å². The maximum atomic E-state index is 12.8. The van der Waals surface area contributed by atoms with Gasteiger partial charge in [0.1, 0.15) is 11.9 Å². The van der Waals surface area contributed by atoms with Crippen LogP contribution in [0.4, 0.5) is 4.39 Å². The van der Waals surface area contributed by atoms with Gasteiger partial charge in [-0.2, -0.15) is 0 Å². The average molecular weight is 280 g/mol. The van der Waals surface area contributed by atoms with Gasteiger partial charge in [0.05, 0.1) is 6.61 Å². The molecule has 3 N–H and O–H groups in total. The lowest BCUT2D eigenvalue weighted by atomic mass is 9.90. The normalized spacial score (nSPS) is 18.1. The fourth-order valence-corrected chi connectivity index (χ4v) is 2.62. The molecule has 1 aromatic carbocycles. The molecule has 0 unspecified atom stereocenters. The first kappa shape index (κ1) is 14.9. The minimum Gasteiger partial charge on any atom is -0.394 e. The summed E-state index contributed by atoms with van der Waals surface area (Å²) >= 11 is 0. The van der Waals surface area contributed by atoms with Crippen LogP contribution in [0.3, 0.4) is 0 Å². The van der Waals surface area contributed by atoms with E-state index in [-0.39, 0.29) is 18.3 Å². The van der Waals surface area contributed by atoms with Gasteiger partial charge in [-0.15, -0.1) is 0 Å². The van der Waals surface area contributed by atoms with E-state index < -0.39 is 6.04 Å². The van der Waals surface area contributed by atoms with E-state index in [0.717, 1.165) is 24.8 Å². The summed E-state index contributed by atoms with van der Waals surface area (Å²) in [4.78, 5) is 13.6. The Hall–Kier alpha value is -1.46. The van der Waals surface area contributed by atoms with Crippen LogP contribution in [-0.4, -0.2) is 41.7 Å². The van der Waals surface area contributed by atoms with Crippen LogP contribution in [0.1, 0.15) is 18.4 Å². The number of amides is 1. The van der Waals surface area contributed by atoms with Crippen LogP contribution in [0.15, 0.2) is 24.3 Å². The van der Waals surface area contributed by atoms with Gasteiger partial charge in [0, 0.05) is 13.1 Å². The van der Waals surface area contributed by atoms with E-state index in [0.29, 0.717) is 19.0 Å². The first-order chi connectivity index (χ1) is 9.60. The number of halogens is 1. The van der Waals surface area contributed by atoms with Crippen molar-refractivity contribution in [3.05, 3.63) is 35.6 Å². The van der Waals surface area contributed by atoms with Crippen molar-refractivity contribution < 1.29 is 14.3 Å². The van der Waals surface area contributed by atoms with Crippen LogP contribution >= 0.6 is 0 Å². The minimum absolute atomic E-state index is 0.173. The van der Waals surface area contributed by atoms with Crippen LogP contribution < -0.4 is 5.73 Å². The van der Waals surface area contributed by atoms with Gasteiger partial charge in [0.25, 0.3) is 0 Å². The Bertz CT molecular complexity index is 442. The lowest BCUT2D eigenvalue weighted by Gasteiger charge is -2.33. The Morgan fingerprint density at radius 2 is 1.95 bits per heavy atom. The summed E-state index contributed by atoms with van der Waals surface area (Å²) in [5.74, 6) is 0.120. The van der Waals surface area contributed by atoms with Crippen molar-refractivity contribution in [1.82, 2.24) is 4.90 Å². The van der Waals surface area contributed by atoms with Crippen molar-refractivity contribution in [3.8, 4) is 0 Å². The Balaban J connectivity index is 1.82. The lowest BCUT2D eigenvalue weighted by Crippen LogP contribution is -2.48. The van der Waals surface area contributed by atoms with Crippen LogP contribution in [-0.2, 0) is 11.2 Å². The molecule has 20 heavy (non-hydrogen) atoms. The zero-order valence-corrected chi connectivity index (χ0v) is 11.5. The number of aliphatic hydroxyl groups is 1. The Kier molecular flexibility index (Phi) is 5.09. The van der Waals surface area contributed by atoms with E-state index in [9.17, 15) is 9.18 Å². The predicted octanol–water partition coefficient (Wildman–Crippen LogP) is 0.926. The van der Waals surface area contributed by atoms with E-state index in [1.165, 1.54) is 12.1 Å². The highest BCUT2D eigenvalue weighted by molar-refractivity contribution is 5.81. The zero-order chi connectivity index (χ0) is 14.5. The minimum atomic E-state index is -0.802. The highest BCUT2D eigenvalue weighted by atomic mass is 19.1. The summed E-state index contributed by atoms with van der Waals surface area (Å²) in [7, 11) is 0. The zero-order valence-electron chi connectivity index (χ0n) is 11.5. The molecule has 1 aromatic rings. The molecule has 1 amide bonds. The number of likely N-dealkylation sites (tertiary alicyclic amines) is 1. The van der Waals surface area contributed by atoms with Crippen molar-refractivity contribution in [1.29, 1.82) is 0 Å². The van der Waals surface area contributed by atoms with E-state index in [2.05, 4.69) is 0 Å². The molecular weight excluding hydrogens is 259 g/mol. The number of hydrogen-bond donors (Lipinski definition) is 2. The van der Waals surface area contributed by atoms with Gasteiger partial charge in [0.15, 0.2) is 0 Å². The molecule has 1 atom stereocenters. The number of aliphatic hydroxyl groups excluding tert-OH is 1. The van der Waals surface area contributed by atoms with Crippen molar-refractivity contribution >= 4 is 5.91 Å². The molecular formula is C15H21FN2O2. The van der Waals surface area contributed by atoms with Crippen molar-refractivity contribution in [2.75, 3.05) is 19.7 Å². The summed E-state index contributed by atoms with van der Waals surface area (Å²) < 4.78 is 12.8. The van der Waals surface area contributed by atoms with Crippen LogP contribution in [0.25, 0.3) is 0 Å². The third-order valence-corrected chi connectivity index (χ3v) is 3.88. The fraction of sp³-hybridized carbons (Fsp3) is 0.533. The molecule has 0 radical (unpaired) electrons. The molecule has 5 heteroatoms. The molecule has 1 heterocycles. The van der Waals surface area contributed by atoms with Gasteiger partial charge >= 0.3 is 0 Å². The number of carbonyl (C=O) groups excluding carboxylic acids is 1. The maximum absolute atomic E-state index is 12.8. The number of nitrogens with two attached hydrogens (primary N) is 1. The highest BCUT2D eigenvalue weighted by Crippen LogP contribution is 2.22. The van der Waals surface area contributed by atoms with Crippen molar-refractivity contribution in [2.24, 2.45) is 11.7 Å². The second kappa shape index (κ2) is 6.81. The molecule has 0 spiro atoms. The molecule has 0 bridgehead atoms. The van der Waals surface area contributed by atoms with Crippen LogP contribution in [0.5, 0.6) is 0 Å². The second-order valence-corrected chi connectivity index (χ2v) is 5.39. The predicted molar refractivity (Wildman–Crippen MR) is 74.5 cm³/mol. The first-order valence-corrected chi connectivity index (χ1v) is 7.00. The third kappa shape index (κ3) is 3.77. The smallest absolute Gasteiger partial charge is 0.241 e. The molecule has 2 rings (SSSR count). The molecule has 1 aliphatic heterocycles. The van der Waals surface area contributed by atoms with Gasteiger partial charge in [-0.3, -0.25) is 4.79 Å². The van der Waals surface area contributed by atoms with Crippen molar-refractivity contribution in [3.63, 3.8) is 0 Å². The molecule has 4 nitrogen and oxygen atoms in total. The average Bonchev–Trinajstić information content (AvgIpc) is 2.49. The van der Waals surface area contributed by atoms with Gasteiger partial charge in [-0.25, -0.2) is 4.39 Å². The maximum Gasteiger partial charge on any atom is 0.241 e. The Morgan fingerprint density at radius 1 is 1.35 bits per heavy atom. The molecule has 0 aliphatic carbocycles. The van der Waals surface area contributed by atoms with E-state index in [1.807, 2.05) is 12.1 Å². The standard InChI is InChI=1S/C15H21FN2O2/c16-13-3-1-11(2-4-13)9-12-5-7-18(8-6-12)15(20)14(17)10-19/h1-4,12,14,19H,5-10,17H2/t14-/m0/s1. The topological polar surface area (TPSA) is 66.6 Å². The van der Waals surface area contributed by atoms with Gasteiger partial charge in [0.2, 0.25) is 5.91 Å². The SMILES string of the molecule is N[C@@H](CO)C(=O)N1CCC(Cc2ccc(F)cc2)CC1. The molecule has 1 aliphatic rings. The van der Waals surface area contributed by atoms with Crippen molar-refractivity contribution in [2.45, 2.75) is 25.3 Å². The van der Waals surface area contributed by atoms with Gasteiger partial charge in [-0.1, -0.05) is 12.1 Å². The first-order valence-electron chi connectivity index (χ1n) is 7.00. The Morgan fingerprint density at radius 3 is 2.50 bits per heavy atom. The monoisotopic (exact) mass is 280 g/mol. The number of nitrogens with zero attached hydrogens (tertiary/aromatic N) is 1. The quantitative estimate of drug-likeness (QED) is 0.862. The fourth-order valence-electron chi connectivity index (χ4n) is 2.62. The second-order valence-electron chi connectivity index (χ2n) is 5.39. The molecule has 0 saturated carbocycles. The lowest BCUT2D eigenvalue weighted by molar-refractivity contribution is -0.134. The summed E-state index contributed by atoms with van der Waals surface area (Å²) in [5, 5.41) is 8.90. The molecule has 1 saturated heterocycles. The number of piperidine rings is 1. The van der Waals surface area contributed by atoms with Crippen LogP contribution in [0.2, 0.25) is 0 Å². The number of benzene rings is 1. The summed E-state index contributed by atoms with van der Waals surface area (Å²) in [5.41, 5.74) is 6.67. The number of carbonyl (C=O) groups is 1. The largest absolute Gasteiger partial charge is 0.394 e. The highest BCUT2D eigenvalue weighted by Gasteiger charge is 2.25. The molecule has 1 fully saturated rings. The number of rotatable bonds is 4. The van der Waals surface area contributed by atoms with E-state index >= 15 is 0 Å². The van der Waals surface area contributed by atoms with Gasteiger partial charge < -0.3 is 15.7 Å². The summed E-state index contributed by atoms with van der Waals surface area (Å²) in [6.07, 6.45) is 2.75. The Labute approximate surface area is 118 Å².